The third-order valence-electron chi connectivity index (χ3n) is 5.63. The molecule has 4 aromatic rings. The van der Waals surface area contributed by atoms with Gasteiger partial charge in [0.25, 0.3) is 0 Å². The van der Waals surface area contributed by atoms with Crippen LogP contribution >= 0.6 is 22.9 Å². The van der Waals surface area contributed by atoms with Crippen molar-refractivity contribution in [3.63, 3.8) is 0 Å². The van der Waals surface area contributed by atoms with Crippen LogP contribution in [0, 0.1) is 0 Å². The molecule has 32 heavy (non-hydrogen) atoms. The summed E-state index contributed by atoms with van der Waals surface area (Å²) < 4.78 is 1.80. The fourth-order valence-electron chi connectivity index (χ4n) is 4.03. The maximum atomic E-state index is 13.2. The number of carbonyl (C=O) groups excluding carboxylic acids is 1. The molecule has 1 aliphatic heterocycles. The van der Waals surface area contributed by atoms with Crippen molar-refractivity contribution in [3.8, 4) is 22.5 Å². The van der Waals surface area contributed by atoms with E-state index in [4.69, 9.17) is 22.4 Å². The second kappa shape index (κ2) is 8.76. The van der Waals surface area contributed by atoms with Gasteiger partial charge in [0.2, 0.25) is 5.91 Å². The van der Waals surface area contributed by atoms with E-state index in [1.54, 1.807) is 4.68 Å². The van der Waals surface area contributed by atoms with Gasteiger partial charge in [-0.05, 0) is 23.8 Å². The van der Waals surface area contributed by atoms with Crippen molar-refractivity contribution < 1.29 is 4.79 Å². The van der Waals surface area contributed by atoms with Crippen molar-refractivity contribution in [2.45, 2.75) is 19.4 Å². The minimum absolute atomic E-state index is 0.0473. The Balaban J connectivity index is 1.42. The highest BCUT2D eigenvalue weighted by atomic mass is 35.5. The number of thiazole rings is 1. The molecule has 0 saturated heterocycles. The highest BCUT2D eigenvalue weighted by Gasteiger charge is 2.23. The zero-order valence-electron chi connectivity index (χ0n) is 17.4. The maximum Gasteiger partial charge on any atom is 0.244 e. The van der Waals surface area contributed by atoms with Gasteiger partial charge in [-0.15, -0.1) is 11.3 Å². The Hall–Kier alpha value is -3.16. The summed E-state index contributed by atoms with van der Waals surface area (Å²) in [6.45, 7) is 1.47. The van der Waals surface area contributed by atoms with Crippen molar-refractivity contribution in [3.05, 3.63) is 76.3 Å². The molecule has 0 bridgehead atoms. The first-order valence-electron chi connectivity index (χ1n) is 10.5. The Morgan fingerprint density at radius 3 is 2.62 bits per heavy atom. The summed E-state index contributed by atoms with van der Waals surface area (Å²) in [4.78, 5) is 20.8. The molecule has 2 N–H and O–H groups in total. The summed E-state index contributed by atoms with van der Waals surface area (Å²) in [5.74, 6) is 0.0473. The molecular formula is C24H22ClN5OS. The molecule has 2 aromatic heterocycles. The molecule has 3 heterocycles. The largest absolute Gasteiger partial charge is 0.375 e. The van der Waals surface area contributed by atoms with Crippen LogP contribution in [-0.2, 0) is 24.2 Å². The maximum absolute atomic E-state index is 13.2. The fraction of sp³-hybridized carbons (Fsp3) is 0.208. The number of nitrogen functional groups attached to an aromatic ring is 1. The number of nitrogens with two attached hydrogens (primary N) is 1. The van der Waals surface area contributed by atoms with Crippen LogP contribution in [0.15, 0.2) is 60.7 Å². The van der Waals surface area contributed by atoms with E-state index in [9.17, 15) is 4.79 Å². The first-order chi connectivity index (χ1) is 15.6. The van der Waals surface area contributed by atoms with Crippen LogP contribution in [0.5, 0.6) is 0 Å². The van der Waals surface area contributed by atoms with Gasteiger partial charge < -0.3 is 10.6 Å². The normalized spacial score (nSPS) is 13.6. The highest BCUT2D eigenvalue weighted by Crippen LogP contribution is 2.28. The first-order valence-corrected chi connectivity index (χ1v) is 11.7. The number of nitrogens with zero attached hydrogens (tertiary/aromatic N) is 4. The summed E-state index contributed by atoms with van der Waals surface area (Å²) in [7, 11) is 0. The molecule has 162 valence electrons. The van der Waals surface area contributed by atoms with Crippen LogP contribution in [0.2, 0.25) is 5.02 Å². The minimum Gasteiger partial charge on any atom is -0.375 e. The molecule has 5 rings (SSSR count). The second-order valence-electron chi connectivity index (χ2n) is 7.75. The quantitative estimate of drug-likeness (QED) is 0.482. The van der Waals surface area contributed by atoms with Crippen LogP contribution < -0.4 is 5.73 Å². The number of aromatic nitrogens is 3. The van der Waals surface area contributed by atoms with Gasteiger partial charge in [-0.3, -0.25) is 9.48 Å². The van der Waals surface area contributed by atoms with Gasteiger partial charge in [-0.25, -0.2) is 4.98 Å². The lowest BCUT2D eigenvalue weighted by molar-refractivity contribution is -0.131. The molecule has 2 aromatic carbocycles. The lowest BCUT2D eigenvalue weighted by Gasteiger charge is -2.20. The molecule has 1 amide bonds. The summed E-state index contributed by atoms with van der Waals surface area (Å²) in [5.41, 5.74) is 10.5. The van der Waals surface area contributed by atoms with E-state index in [1.165, 1.54) is 16.2 Å². The number of halogens is 1. The third kappa shape index (κ3) is 4.26. The number of anilines is 1. The molecule has 6 nitrogen and oxygen atoms in total. The molecule has 1 aliphatic rings. The Bertz CT molecular complexity index is 1240. The van der Waals surface area contributed by atoms with Gasteiger partial charge in [-0.2, -0.15) is 5.10 Å². The SMILES string of the molecule is Nc1nc2c(s1)CCN(C(=O)Cn1nc(-c3cccc(Cl)c3)cc1-c1ccccc1)CC2. The van der Waals surface area contributed by atoms with E-state index in [2.05, 4.69) is 4.98 Å². The molecule has 0 spiro atoms. The van der Waals surface area contributed by atoms with Crippen molar-refractivity contribution in [2.75, 3.05) is 18.8 Å². The van der Waals surface area contributed by atoms with E-state index in [0.717, 1.165) is 41.1 Å². The van der Waals surface area contributed by atoms with Crippen molar-refractivity contribution in [2.24, 2.45) is 0 Å². The molecular weight excluding hydrogens is 442 g/mol. The molecule has 0 fully saturated rings. The fourth-order valence-corrected chi connectivity index (χ4v) is 5.09. The standard InChI is InChI=1S/C24H22ClN5OS/c25-18-8-4-7-17(13-18)20-14-21(16-5-2-1-3-6-16)30(28-20)15-23(31)29-11-9-19-22(10-12-29)32-24(26)27-19/h1-8,13-14H,9-12,15H2,(H2,26,27). The number of fused-ring (bicyclic) bond motifs is 1. The second-order valence-corrected chi connectivity index (χ2v) is 9.30. The van der Waals surface area contributed by atoms with Gasteiger partial charge in [0.05, 0.1) is 17.1 Å². The zero-order chi connectivity index (χ0) is 22.1. The molecule has 0 aliphatic carbocycles. The van der Waals surface area contributed by atoms with Crippen LogP contribution in [0.25, 0.3) is 22.5 Å². The zero-order valence-corrected chi connectivity index (χ0v) is 18.9. The highest BCUT2D eigenvalue weighted by molar-refractivity contribution is 7.15. The minimum atomic E-state index is 0.0473. The lowest BCUT2D eigenvalue weighted by Crippen LogP contribution is -2.36. The summed E-state index contributed by atoms with van der Waals surface area (Å²) in [6, 6.07) is 19.6. The Kier molecular flexibility index (Phi) is 5.68. The Labute approximate surface area is 195 Å². The molecule has 8 heteroatoms. The van der Waals surface area contributed by atoms with Crippen molar-refractivity contribution in [1.29, 1.82) is 0 Å². The monoisotopic (exact) mass is 463 g/mol. The van der Waals surface area contributed by atoms with Crippen LogP contribution in [-0.4, -0.2) is 38.7 Å². The molecule has 0 atom stereocenters. The average Bonchev–Trinajstić information content (AvgIpc) is 3.31. The molecule has 0 radical (unpaired) electrons. The first kappa shape index (κ1) is 20.7. The van der Waals surface area contributed by atoms with Gasteiger partial charge >= 0.3 is 0 Å². The molecule has 0 unspecified atom stereocenters. The van der Waals surface area contributed by atoms with E-state index >= 15 is 0 Å². The molecule has 0 saturated carbocycles. The average molecular weight is 464 g/mol. The number of amides is 1. The Morgan fingerprint density at radius 1 is 1.03 bits per heavy atom. The lowest BCUT2D eigenvalue weighted by atomic mass is 10.1. The summed E-state index contributed by atoms with van der Waals surface area (Å²) in [6.07, 6.45) is 1.52. The number of hydrogen-bond acceptors (Lipinski definition) is 5. The van der Waals surface area contributed by atoms with Crippen molar-refractivity contribution >= 4 is 34.0 Å². The van der Waals surface area contributed by atoms with E-state index in [0.29, 0.717) is 23.2 Å². The van der Waals surface area contributed by atoms with Crippen LogP contribution in [0.3, 0.4) is 0 Å². The van der Waals surface area contributed by atoms with Gasteiger partial charge in [0.15, 0.2) is 5.13 Å². The smallest absolute Gasteiger partial charge is 0.244 e. The predicted octanol–water partition coefficient (Wildman–Crippen LogP) is 4.54. The topological polar surface area (TPSA) is 77.0 Å². The number of hydrogen-bond donors (Lipinski definition) is 1. The van der Waals surface area contributed by atoms with E-state index < -0.39 is 0 Å². The predicted molar refractivity (Wildman–Crippen MR) is 129 cm³/mol. The van der Waals surface area contributed by atoms with E-state index in [1.807, 2.05) is 65.6 Å². The summed E-state index contributed by atoms with van der Waals surface area (Å²) >= 11 is 7.71. The van der Waals surface area contributed by atoms with Gasteiger partial charge in [0.1, 0.15) is 6.54 Å². The third-order valence-corrected chi connectivity index (χ3v) is 6.85. The summed E-state index contributed by atoms with van der Waals surface area (Å²) in [5, 5.41) is 6.04. The van der Waals surface area contributed by atoms with E-state index in [-0.39, 0.29) is 12.5 Å². The van der Waals surface area contributed by atoms with Crippen LogP contribution in [0.4, 0.5) is 5.13 Å². The van der Waals surface area contributed by atoms with Crippen molar-refractivity contribution in [1.82, 2.24) is 19.7 Å². The van der Waals surface area contributed by atoms with Crippen LogP contribution in [0.1, 0.15) is 10.6 Å². The number of benzene rings is 2. The Morgan fingerprint density at radius 2 is 1.81 bits per heavy atom. The number of carbonyl (C=O) groups is 1. The number of rotatable bonds is 4. The van der Waals surface area contributed by atoms with Gasteiger partial charge in [0, 0.05) is 41.4 Å². The van der Waals surface area contributed by atoms with Gasteiger partial charge in [-0.1, -0.05) is 54.1 Å².